The maximum Gasteiger partial charge on any atom is 0.166 e. The first-order chi connectivity index (χ1) is 12.3. The van der Waals surface area contributed by atoms with Crippen molar-refractivity contribution in [3.63, 3.8) is 0 Å². The lowest BCUT2D eigenvalue weighted by Gasteiger charge is -2.33. The number of thiocarbonyl (C=S) groups is 1. The number of likely N-dealkylation sites (tertiary alicyclic amines) is 1. The SMILES string of the molecule is S=C(NCCc1ccccc1)NC1CCN(Cc2ccccc2)CC1. The van der Waals surface area contributed by atoms with Gasteiger partial charge in [-0.1, -0.05) is 60.7 Å². The van der Waals surface area contributed by atoms with Gasteiger partial charge in [0.2, 0.25) is 0 Å². The second kappa shape index (κ2) is 9.54. The van der Waals surface area contributed by atoms with Gasteiger partial charge in [-0.25, -0.2) is 0 Å². The third kappa shape index (κ3) is 6.15. The van der Waals surface area contributed by atoms with Gasteiger partial charge in [0.1, 0.15) is 0 Å². The van der Waals surface area contributed by atoms with Crippen LogP contribution in [0.4, 0.5) is 0 Å². The Balaban J connectivity index is 1.32. The first-order valence-electron chi connectivity index (χ1n) is 9.14. The van der Waals surface area contributed by atoms with Crippen molar-refractivity contribution >= 4 is 17.3 Å². The Bertz CT molecular complexity index is 637. The summed E-state index contributed by atoms with van der Waals surface area (Å²) in [5.41, 5.74) is 2.74. The second-order valence-electron chi connectivity index (χ2n) is 6.67. The fourth-order valence-electron chi connectivity index (χ4n) is 3.28. The number of rotatable bonds is 6. The summed E-state index contributed by atoms with van der Waals surface area (Å²) in [4.78, 5) is 2.53. The van der Waals surface area contributed by atoms with Gasteiger partial charge in [-0.05, 0) is 42.6 Å². The first-order valence-corrected chi connectivity index (χ1v) is 9.55. The molecule has 3 rings (SSSR count). The third-order valence-electron chi connectivity index (χ3n) is 4.71. The monoisotopic (exact) mass is 353 g/mol. The van der Waals surface area contributed by atoms with Crippen molar-refractivity contribution in [2.75, 3.05) is 19.6 Å². The summed E-state index contributed by atoms with van der Waals surface area (Å²) < 4.78 is 0. The molecule has 132 valence electrons. The summed E-state index contributed by atoms with van der Waals surface area (Å²) in [6, 6.07) is 21.7. The summed E-state index contributed by atoms with van der Waals surface area (Å²) in [5.74, 6) is 0. The van der Waals surface area contributed by atoms with Crippen molar-refractivity contribution in [1.82, 2.24) is 15.5 Å². The molecular weight excluding hydrogens is 326 g/mol. The smallest absolute Gasteiger partial charge is 0.166 e. The molecule has 1 fully saturated rings. The molecule has 0 radical (unpaired) electrons. The molecule has 0 bridgehead atoms. The molecule has 0 atom stereocenters. The lowest BCUT2D eigenvalue weighted by Crippen LogP contribution is -2.47. The van der Waals surface area contributed by atoms with Crippen molar-refractivity contribution in [2.24, 2.45) is 0 Å². The van der Waals surface area contributed by atoms with E-state index in [9.17, 15) is 0 Å². The lowest BCUT2D eigenvalue weighted by molar-refractivity contribution is 0.199. The largest absolute Gasteiger partial charge is 0.362 e. The Morgan fingerprint density at radius 2 is 1.52 bits per heavy atom. The van der Waals surface area contributed by atoms with Crippen molar-refractivity contribution in [1.29, 1.82) is 0 Å². The number of hydrogen-bond donors (Lipinski definition) is 2. The highest BCUT2D eigenvalue weighted by Crippen LogP contribution is 2.13. The summed E-state index contributed by atoms with van der Waals surface area (Å²) in [6.07, 6.45) is 3.29. The van der Waals surface area contributed by atoms with E-state index in [2.05, 4.69) is 70.1 Å². The molecule has 2 aromatic carbocycles. The molecule has 2 aromatic rings. The van der Waals surface area contributed by atoms with Gasteiger partial charge in [0.05, 0.1) is 0 Å². The second-order valence-corrected chi connectivity index (χ2v) is 7.08. The molecule has 0 saturated carbocycles. The highest BCUT2D eigenvalue weighted by atomic mass is 32.1. The summed E-state index contributed by atoms with van der Waals surface area (Å²) in [6.45, 7) is 4.18. The van der Waals surface area contributed by atoms with Crippen LogP contribution in [-0.2, 0) is 13.0 Å². The number of nitrogens with one attached hydrogen (secondary N) is 2. The average Bonchev–Trinajstić information content (AvgIpc) is 2.65. The third-order valence-corrected chi connectivity index (χ3v) is 4.98. The number of hydrogen-bond acceptors (Lipinski definition) is 2. The number of piperidine rings is 1. The van der Waals surface area contributed by atoms with Gasteiger partial charge < -0.3 is 10.6 Å². The van der Waals surface area contributed by atoms with Gasteiger partial charge >= 0.3 is 0 Å². The van der Waals surface area contributed by atoms with Gasteiger partial charge in [-0.15, -0.1) is 0 Å². The Labute approximate surface area is 156 Å². The van der Waals surface area contributed by atoms with Crippen molar-refractivity contribution in [3.8, 4) is 0 Å². The van der Waals surface area contributed by atoms with E-state index in [0.717, 1.165) is 50.6 Å². The molecule has 1 heterocycles. The van der Waals surface area contributed by atoms with Gasteiger partial charge in [0.25, 0.3) is 0 Å². The molecule has 1 aliphatic rings. The first kappa shape index (κ1) is 17.9. The molecule has 2 N–H and O–H groups in total. The molecule has 1 aliphatic heterocycles. The number of benzene rings is 2. The number of nitrogens with zero attached hydrogens (tertiary/aromatic N) is 1. The van der Waals surface area contributed by atoms with Gasteiger partial charge in [0, 0.05) is 32.2 Å². The van der Waals surface area contributed by atoms with Crippen LogP contribution < -0.4 is 10.6 Å². The van der Waals surface area contributed by atoms with Crippen LogP contribution in [0.2, 0.25) is 0 Å². The minimum atomic E-state index is 0.490. The molecular formula is C21H27N3S. The lowest BCUT2D eigenvalue weighted by atomic mass is 10.0. The molecule has 0 aliphatic carbocycles. The van der Waals surface area contributed by atoms with E-state index < -0.39 is 0 Å². The molecule has 0 aromatic heterocycles. The zero-order chi connectivity index (χ0) is 17.3. The predicted octanol–water partition coefficient (Wildman–Crippen LogP) is 3.36. The van der Waals surface area contributed by atoms with E-state index in [1.807, 2.05) is 6.07 Å². The average molecular weight is 354 g/mol. The van der Waals surface area contributed by atoms with E-state index in [1.54, 1.807) is 0 Å². The van der Waals surface area contributed by atoms with Crippen molar-refractivity contribution in [2.45, 2.75) is 31.8 Å². The zero-order valence-electron chi connectivity index (χ0n) is 14.7. The van der Waals surface area contributed by atoms with Crippen LogP contribution >= 0.6 is 12.2 Å². The van der Waals surface area contributed by atoms with E-state index in [0.29, 0.717) is 6.04 Å². The zero-order valence-corrected chi connectivity index (χ0v) is 15.5. The van der Waals surface area contributed by atoms with E-state index in [1.165, 1.54) is 11.1 Å². The molecule has 0 spiro atoms. The molecule has 0 amide bonds. The molecule has 3 nitrogen and oxygen atoms in total. The normalized spacial score (nSPS) is 15.7. The molecule has 25 heavy (non-hydrogen) atoms. The molecule has 1 saturated heterocycles. The summed E-state index contributed by atoms with van der Waals surface area (Å²) in [5, 5.41) is 7.61. The fourth-order valence-corrected chi connectivity index (χ4v) is 3.55. The van der Waals surface area contributed by atoms with E-state index in [-0.39, 0.29) is 0 Å². The van der Waals surface area contributed by atoms with Gasteiger partial charge in [0.15, 0.2) is 5.11 Å². The van der Waals surface area contributed by atoms with Crippen LogP contribution in [0.5, 0.6) is 0 Å². The summed E-state index contributed by atoms with van der Waals surface area (Å²) >= 11 is 5.45. The Morgan fingerprint density at radius 1 is 0.920 bits per heavy atom. The van der Waals surface area contributed by atoms with Gasteiger partial charge in [-0.2, -0.15) is 0 Å². The van der Waals surface area contributed by atoms with Crippen LogP contribution in [-0.4, -0.2) is 35.7 Å². The molecule has 4 heteroatoms. The summed E-state index contributed by atoms with van der Waals surface area (Å²) in [7, 11) is 0. The van der Waals surface area contributed by atoms with Gasteiger partial charge in [-0.3, -0.25) is 4.90 Å². The minimum Gasteiger partial charge on any atom is -0.362 e. The fraction of sp³-hybridized carbons (Fsp3) is 0.381. The molecule has 0 unspecified atom stereocenters. The van der Waals surface area contributed by atoms with Crippen molar-refractivity contribution in [3.05, 3.63) is 71.8 Å². The Kier molecular flexibility index (Phi) is 6.83. The van der Waals surface area contributed by atoms with Crippen LogP contribution in [0.1, 0.15) is 24.0 Å². The maximum atomic E-state index is 5.45. The van der Waals surface area contributed by atoms with Crippen LogP contribution in [0.3, 0.4) is 0 Å². The van der Waals surface area contributed by atoms with Crippen LogP contribution in [0, 0.1) is 0 Å². The standard InChI is InChI=1S/C21H27N3S/c25-21(22-14-11-18-7-3-1-4-8-18)23-20-12-15-24(16-13-20)17-19-9-5-2-6-10-19/h1-10,20H,11-17H2,(H2,22,23,25). The minimum absolute atomic E-state index is 0.490. The predicted molar refractivity (Wildman–Crippen MR) is 109 cm³/mol. The Hall–Kier alpha value is -1.91. The topological polar surface area (TPSA) is 27.3 Å². The van der Waals surface area contributed by atoms with E-state index >= 15 is 0 Å². The van der Waals surface area contributed by atoms with E-state index in [4.69, 9.17) is 12.2 Å². The quantitative estimate of drug-likeness (QED) is 0.779. The van der Waals surface area contributed by atoms with Crippen LogP contribution in [0.25, 0.3) is 0 Å². The highest BCUT2D eigenvalue weighted by Gasteiger charge is 2.19. The maximum absolute atomic E-state index is 5.45. The highest BCUT2D eigenvalue weighted by molar-refractivity contribution is 7.80. The Morgan fingerprint density at radius 3 is 2.16 bits per heavy atom. The van der Waals surface area contributed by atoms with Crippen molar-refractivity contribution < 1.29 is 0 Å². The van der Waals surface area contributed by atoms with Crippen LogP contribution in [0.15, 0.2) is 60.7 Å².